The molecule has 0 fully saturated rings. The third-order valence-electron chi connectivity index (χ3n) is 6.02. The van der Waals surface area contributed by atoms with Crippen LogP contribution in [0.25, 0.3) is 21.9 Å². The number of alkyl halides is 3. The molecule has 0 aliphatic rings. The number of aromatic nitrogens is 5. The van der Waals surface area contributed by atoms with E-state index in [0.29, 0.717) is 39.0 Å². The van der Waals surface area contributed by atoms with Crippen molar-refractivity contribution in [2.45, 2.75) is 32.6 Å². The number of anilines is 1. The Bertz CT molecular complexity index is 1600. The van der Waals surface area contributed by atoms with E-state index in [-0.39, 0.29) is 18.1 Å². The first kappa shape index (κ1) is 24.1. The molecule has 0 saturated carbocycles. The summed E-state index contributed by atoms with van der Waals surface area (Å²) in [6, 6.07) is 8.08. The van der Waals surface area contributed by atoms with Crippen molar-refractivity contribution < 1.29 is 22.5 Å². The molecule has 0 radical (unpaired) electrons. The Morgan fingerprint density at radius 3 is 2.57 bits per heavy atom. The van der Waals surface area contributed by atoms with Crippen LogP contribution in [-0.4, -0.2) is 35.9 Å². The first-order valence-corrected chi connectivity index (χ1v) is 11.2. The summed E-state index contributed by atoms with van der Waals surface area (Å²) in [7, 11) is 0. The highest BCUT2D eigenvalue weighted by Gasteiger charge is 2.31. The maximum Gasteiger partial charge on any atom is 0.417 e. The molecule has 0 bridgehead atoms. The predicted octanol–water partition coefficient (Wildman–Crippen LogP) is 4.87. The Labute approximate surface area is 208 Å². The minimum atomic E-state index is -4.51. The fraction of sp³-hybridized carbons (Fsp3) is 0.200. The van der Waals surface area contributed by atoms with Gasteiger partial charge in [-0.05, 0) is 50.2 Å². The molecule has 0 aliphatic heterocycles. The van der Waals surface area contributed by atoms with Gasteiger partial charge >= 0.3 is 6.18 Å². The molecule has 4 aromatic heterocycles. The van der Waals surface area contributed by atoms with Crippen molar-refractivity contribution in [1.82, 2.24) is 30.0 Å². The van der Waals surface area contributed by atoms with Gasteiger partial charge in [-0.2, -0.15) is 13.2 Å². The van der Waals surface area contributed by atoms with Crippen molar-refractivity contribution >= 4 is 33.6 Å². The molecular formula is C25H20F3N7O2. The number of amides is 1. The van der Waals surface area contributed by atoms with Gasteiger partial charge in [0.25, 0.3) is 5.91 Å². The highest BCUT2D eigenvalue weighted by atomic mass is 19.4. The summed E-state index contributed by atoms with van der Waals surface area (Å²) in [6.45, 7) is 3.40. The number of benzene rings is 1. The zero-order chi connectivity index (χ0) is 26.3. The van der Waals surface area contributed by atoms with Crippen LogP contribution in [0.15, 0.2) is 59.5 Å². The summed E-state index contributed by atoms with van der Waals surface area (Å²) in [5, 5.41) is 5.08. The van der Waals surface area contributed by atoms with E-state index in [4.69, 9.17) is 10.3 Å². The van der Waals surface area contributed by atoms with Gasteiger partial charge in [0.1, 0.15) is 11.6 Å². The van der Waals surface area contributed by atoms with Crippen molar-refractivity contribution in [2.24, 2.45) is 0 Å². The van der Waals surface area contributed by atoms with E-state index in [1.54, 1.807) is 50.5 Å². The number of fused-ring (bicyclic) bond motifs is 3. The van der Waals surface area contributed by atoms with E-state index in [0.717, 1.165) is 12.3 Å². The van der Waals surface area contributed by atoms with Crippen LogP contribution in [0.5, 0.6) is 0 Å². The fourth-order valence-corrected chi connectivity index (χ4v) is 4.07. The highest BCUT2D eigenvalue weighted by Crippen LogP contribution is 2.32. The van der Waals surface area contributed by atoms with Crippen molar-refractivity contribution in [3.63, 3.8) is 0 Å². The number of pyridine rings is 2. The monoisotopic (exact) mass is 507 g/mol. The SMILES string of the molecule is Cc1noc2c1c(N)nc1ccc(C(=O)N(Cc3ccc(C(F)(F)F)cn3)C(C)c3ncccn3)cc12. The number of hydrogen-bond donors (Lipinski definition) is 1. The number of nitrogen functional groups attached to an aromatic ring is 1. The number of nitrogens with zero attached hydrogens (tertiary/aromatic N) is 6. The largest absolute Gasteiger partial charge is 0.417 e. The number of carbonyl (C=O) groups is 1. The molecule has 1 unspecified atom stereocenters. The quantitative estimate of drug-likeness (QED) is 0.357. The number of hydrogen-bond acceptors (Lipinski definition) is 8. The molecule has 0 saturated heterocycles. The van der Waals surface area contributed by atoms with E-state index < -0.39 is 23.7 Å². The summed E-state index contributed by atoms with van der Waals surface area (Å²) in [5.74, 6) is 0.223. The second-order valence-corrected chi connectivity index (χ2v) is 8.45. The summed E-state index contributed by atoms with van der Waals surface area (Å²) in [6.07, 6.45) is -0.671. The van der Waals surface area contributed by atoms with Gasteiger partial charge in [0, 0.05) is 29.5 Å². The number of halogens is 3. The first-order chi connectivity index (χ1) is 17.6. The second kappa shape index (κ2) is 9.12. The van der Waals surface area contributed by atoms with Crippen LogP contribution in [0.4, 0.5) is 19.0 Å². The number of aryl methyl sites for hydroxylation is 1. The Balaban J connectivity index is 1.56. The Kier molecular flexibility index (Phi) is 5.94. The molecule has 0 aliphatic carbocycles. The molecule has 5 rings (SSSR count). The van der Waals surface area contributed by atoms with Crippen LogP contribution in [-0.2, 0) is 12.7 Å². The van der Waals surface area contributed by atoms with Crippen LogP contribution in [0.2, 0.25) is 0 Å². The standard InChI is InChI=1S/C25H20F3N7O2/c1-13-20-21(37-34-13)18-10-15(4-7-19(18)33-22(20)29)24(36)35(14(2)23-30-8-3-9-31-23)12-17-6-5-16(11-32-17)25(26,27)28/h3-11,14H,12H2,1-2H3,(H2,29,33). The van der Waals surface area contributed by atoms with Gasteiger partial charge in [-0.3, -0.25) is 9.78 Å². The van der Waals surface area contributed by atoms with Crippen molar-refractivity contribution in [2.75, 3.05) is 5.73 Å². The maximum absolute atomic E-state index is 13.8. The lowest BCUT2D eigenvalue weighted by molar-refractivity contribution is -0.137. The van der Waals surface area contributed by atoms with Crippen LogP contribution in [0.1, 0.15) is 46.1 Å². The average molecular weight is 507 g/mol. The topological polar surface area (TPSA) is 124 Å². The summed E-state index contributed by atoms with van der Waals surface area (Å²) < 4.78 is 44.5. The van der Waals surface area contributed by atoms with Gasteiger partial charge in [-0.1, -0.05) is 5.16 Å². The van der Waals surface area contributed by atoms with Crippen molar-refractivity contribution in [3.8, 4) is 0 Å². The molecule has 1 amide bonds. The maximum atomic E-state index is 13.8. The minimum Gasteiger partial charge on any atom is -0.383 e. The van der Waals surface area contributed by atoms with Crippen LogP contribution < -0.4 is 5.73 Å². The summed E-state index contributed by atoms with van der Waals surface area (Å²) in [4.78, 5) is 32.1. The molecule has 4 heterocycles. The normalized spacial score (nSPS) is 12.7. The van der Waals surface area contributed by atoms with Gasteiger partial charge in [0.2, 0.25) is 0 Å². The van der Waals surface area contributed by atoms with Crippen LogP contribution in [0.3, 0.4) is 0 Å². The Hall–Kier alpha value is -4.61. The van der Waals surface area contributed by atoms with E-state index in [1.807, 2.05) is 0 Å². The summed E-state index contributed by atoms with van der Waals surface area (Å²) in [5.41, 5.74) is 7.26. The van der Waals surface area contributed by atoms with E-state index >= 15 is 0 Å². The first-order valence-electron chi connectivity index (χ1n) is 11.2. The predicted molar refractivity (Wildman–Crippen MR) is 128 cm³/mol. The smallest absolute Gasteiger partial charge is 0.383 e. The molecule has 37 heavy (non-hydrogen) atoms. The second-order valence-electron chi connectivity index (χ2n) is 8.45. The van der Waals surface area contributed by atoms with Gasteiger partial charge in [-0.15, -0.1) is 0 Å². The van der Waals surface area contributed by atoms with Crippen LogP contribution in [0, 0.1) is 6.92 Å². The van der Waals surface area contributed by atoms with E-state index in [1.165, 1.54) is 11.0 Å². The molecular weight excluding hydrogens is 487 g/mol. The van der Waals surface area contributed by atoms with Gasteiger partial charge < -0.3 is 15.2 Å². The molecule has 188 valence electrons. The molecule has 12 heteroatoms. The van der Waals surface area contributed by atoms with Gasteiger partial charge in [0.05, 0.1) is 40.4 Å². The third kappa shape index (κ3) is 4.53. The molecule has 2 N–H and O–H groups in total. The average Bonchev–Trinajstić information content (AvgIpc) is 3.29. The van der Waals surface area contributed by atoms with E-state index in [2.05, 4.69) is 25.1 Å². The van der Waals surface area contributed by atoms with Crippen LogP contribution >= 0.6 is 0 Å². The lowest BCUT2D eigenvalue weighted by Crippen LogP contribution is -2.34. The molecule has 1 aromatic carbocycles. The van der Waals surface area contributed by atoms with Gasteiger partial charge in [-0.25, -0.2) is 15.0 Å². The van der Waals surface area contributed by atoms with Crippen molar-refractivity contribution in [1.29, 1.82) is 0 Å². The third-order valence-corrected chi connectivity index (χ3v) is 6.02. The van der Waals surface area contributed by atoms with E-state index in [9.17, 15) is 18.0 Å². The highest BCUT2D eigenvalue weighted by molar-refractivity contribution is 6.09. The molecule has 0 spiro atoms. The lowest BCUT2D eigenvalue weighted by Gasteiger charge is -2.28. The fourth-order valence-electron chi connectivity index (χ4n) is 4.07. The Morgan fingerprint density at radius 2 is 1.89 bits per heavy atom. The Morgan fingerprint density at radius 1 is 1.14 bits per heavy atom. The number of rotatable bonds is 5. The van der Waals surface area contributed by atoms with Crippen molar-refractivity contribution in [3.05, 3.63) is 83.3 Å². The molecule has 9 nitrogen and oxygen atoms in total. The zero-order valence-corrected chi connectivity index (χ0v) is 19.7. The molecule has 5 aromatic rings. The lowest BCUT2D eigenvalue weighted by atomic mass is 10.1. The number of nitrogens with two attached hydrogens (primary N) is 1. The van der Waals surface area contributed by atoms with Gasteiger partial charge in [0.15, 0.2) is 5.58 Å². The minimum absolute atomic E-state index is 0.0781. The summed E-state index contributed by atoms with van der Waals surface area (Å²) >= 11 is 0. The zero-order valence-electron chi connectivity index (χ0n) is 19.7. The number of carbonyl (C=O) groups excluding carboxylic acids is 1. The molecule has 1 atom stereocenters.